The molecule has 22 heavy (non-hydrogen) atoms. The molecular formula is C15H25N7. The lowest BCUT2D eigenvalue weighted by molar-refractivity contribution is 0.194. The summed E-state index contributed by atoms with van der Waals surface area (Å²) in [5.74, 6) is 1.62. The van der Waals surface area contributed by atoms with Crippen LogP contribution in [0.15, 0.2) is 12.3 Å². The van der Waals surface area contributed by atoms with Crippen LogP contribution in [0.5, 0.6) is 0 Å². The molecule has 2 aromatic heterocycles. The number of likely N-dealkylation sites (tertiary alicyclic amines) is 1. The molecular weight excluding hydrogens is 278 g/mol. The fourth-order valence-corrected chi connectivity index (χ4v) is 3.19. The summed E-state index contributed by atoms with van der Waals surface area (Å²) in [5, 5.41) is 16.4. The summed E-state index contributed by atoms with van der Waals surface area (Å²) < 4.78 is 3.96. The highest BCUT2D eigenvalue weighted by molar-refractivity contribution is 5.08. The third kappa shape index (κ3) is 3.35. The minimum absolute atomic E-state index is 0.625. The van der Waals surface area contributed by atoms with Gasteiger partial charge in [0.2, 0.25) is 0 Å². The van der Waals surface area contributed by atoms with Crippen molar-refractivity contribution in [2.24, 2.45) is 7.05 Å². The standard InChI is InChI=1S/C15H25N7/c1-3-4-9-22-15(17-18-19-22)12-21-10-6-13(7-11-21)14-5-8-16-20(14)2/h5,8,13H,3-4,6-7,9-12H2,1-2H3. The van der Waals surface area contributed by atoms with Crippen molar-refractivity contribution < 1.29 is 0 Å². The van der Waals surface area contributed by atoms with Crippen LogP contribution >= 0.6 is 0 Å². The summed E-state index contributed by atoms with van der Waals surface area (Å²) in [6.07, 6.45) is 6.53. The molecule has 7 heteroatoms. The van der Waals surface area contributed by atoms with Gasteiger partial charge in [0.25, 0.3) is 0 Å². The number of rotatable bonds is 6. The summed E-state index contributed by atoms with van der Waals surface area (Å²) in [6.45, 7) is 6.15. The summed E-state index contributed by atoms with van der Waals surface area (Å²) in [6, 6.07) is 2.14. The van der Waals surface area contributed by atoms with Crippen molar-refractivity contribution in [3.05, 3.63) is 23.8 Å². The summed E-state index contributed by atoms with van der Waals surface area (Å²) in [7, 11) is 2.03. The molecule has 0 amide bonds. The Balaban J connectivity index is 1.54. The lowest BCUT2D eigenvalue weighted by atomic mass is 9.93. The molecule has 0 unspecified atom stereocenters. The highest BCUT2D eigenvalue weighted by Crippen LogP contribution is 2.27. The van der Waals surface area contributed by atoms with Crippen LogP contribution in [-0.4, -0.2) is 48.0 Å². The number of hydrogen-bond donors (Lipinski definition) is 0. The lowest BCUT2D eigenvalue weighted by Gasteiger charge is -2.31. The zero-order valence-corrected chi connectivity index (χ0v) is 13.5. The Kier molecular flexibility index (Phi) is 4.82. The van der Waals surface area contributed by atoms with Gasteiger partial charge in [-0.05, 0) is 48.8 Å². The van der Waals surface area contributed by atoms with Gasteiger partial charge in [-0.25, -0.2) is 4.68 Å². The van der Waals surface area contributed by atoms with Crippen LogP contribution < -0.4 is 0 Å². The van der Waals surface area contributed by atoms with Gasteiger partial charge < -0.3 is 0 Å². The van der Waals surface area contributed by atoms with Gasteiger partial charge in [0.15, 0.2) is 5.82 Å². The number of piperidine rings is 1. The van der Waals surface area contributed by atoms with Gasteiger partial charge >= 0.3 is 0 Å². The highest BCUT2D eigenvalue weighted by atomic mass is 15.5. The molecule has 3 rings (SSSR count). The molecule has 3 heterocycles. The Bertz CT molecular complexity index is 580. The van der Waals surface area contributed by atoms with Crippen molar-refractivity contribution in [1.29, 1.82) is 0 Å². The van der Waals surface area contributed by atoms with Gasteiger partial charge in [0, 0.05) is 31.4 Å². The molecule has 0 N–H and O–H groups in total. The fourth-order valence-electron chi connectivity index (χ4n) is 3.19. The Morgan fingerprint density at radius 2 is 2.09 bits per heavy atom. The number of unbranched alkanes of at least 4 members (excludes halogenated alkanes) is 1. The van der Waals surface area contributed by atoms with E-state index in [2.05, 4.69) is 38.5 Å². The molecule has 1 aliphatic heterocycles. The second kappa shape index (κ2) is 7.00. The molecule has 0 radical (unpaired) electrons. The molecule has 0 spiro atoms. The van der Waals surface area contributed by atoms with Gasteiger partial charge in [-0.2, -0.15) is 5.10 Å². The number of hydrogen-bond acceptors (Lipinski definition) is 5. The molecule has 1 aliphatic rings. The van der Waals surface area contributed by atoms with Crippen molar-refractivity contribution in [1.82, 2.24) is 34.9 Å². The Hall–Kier alpha value is -1.76. The van der Waals surface area contributed by atoms with Crippen LogP contribution in [-0.2, 0) is 20.1 Å². The summed E-state index contributed by atoms with van der Waals surface area (Å²) >= 11 is 0. The maximum Gasteiger partial charge on any atom is 0.165 e. The SMILES string of the molecule is CCCCn1nnnc1CN1CCC(c2ccnn2C)CC1. The molecule has 1 saturated heterocycles. The van der Waals surface area contributed by atoms with E-state index in [0.29, 0.717) is 5.92 Å². The topological polar surface area (TPSA) is 64.7 Å². The maximum absolute atomic E-state index is 4.28. The molecule has 0 aromatic carbocycles. The van der Waals surface area contributed by atoms with Gasteiger partial charge in [-0.1, -0.05) is 13.3 Å². The fraction of sp³-hybridized carbons (Fsp3) is 0.733. The Labute approximate surface area is 131 Å². The minimum atomic E-state index is 0.625. The lowest BCUT2D eigenvalue weighted by Crippen LogP contribution is -2.34. The molecule has 0 bridgehead atoms. The van der Waals surface area contributed by atoms with Gasteiger partial charge in [0.05, 0.1) is 6.54 Å². The van der Waals surface area contributed by atoms with Gasteiger partial charge in [-0.15, -0.1) is 5.10 Å². The summed E-state index contributed by atoms with van der Waals surface area (Å²) in [4.78, 5) is 2.46. The molecule has 2 aromatic rings. The van der Waals surface area contributed by atoms with Crippen LogP contribution in [0.2, 0.25) is 0 Å². The largest absolute Gasteiger partial charge is 0.296 e. The van der Waals surface area contributed by atoms with Crippen molar-refractivity contribution in [2.75, 3.05) is 13.1 Å². The van der Waals surface area contributed by atoms with Crippen LogP contribution in [0, 0.1) is 0 Å². The second-order valence-electron chi connectivity index (χ2n) is 6.10. The first-order valence-electron chi connectivity index (χ1n) is 8.23. The Morgan fingerprint density at radius 3 is 2.77 bits per heavy atom. The molecule has 0 atom stereocenters. The van der Waals surface area contributed by atoms with Crippen LogP contribution in [0.4, 0.5) is 0 Å². The molecule has 0 aliphatic carbocycles. The third-order valence-corrected chi connectivity index (χ3v) is 4.56. The molecule has 1 fully saturated rings. The van der Waals surface area contributed by atoms with E-state index in [9.17, 15) is 0 Å². The average molecular weight is 303 g/mol. The molecule has 0 saturated carbocycles. The predicted octanol–water partition coefficient (Wildman–Crippen LogP) is 1.59. The van der Waals surface area contributed by atoms with E-state index in [1.165, 1.54) is 18.5 Å². The predicted molar refractivity (Wildman–Crippen MR) is 83.2 cm³/mol. The van der Waals surface area contributed by atoms with Crippen LogP contribution in [0.25, 0.3) is 0 Å². The van der Waals surface area contributed by atoms with E-state index in [1.54, 1.807) is 0 Å². The quantitative estimate of drug-likeness (QED) is 0.811. The first-order chi connectivity index (χ1) is 10.8. The van der Waals surface area contributed by atoms with Crippen molar-refractivity contribution in [3.8, 4) is 0 Å². The first kappa shape index (κ1) is 15.1. The summed E-state index contributed by atoms with van der Waals surface area (Å²) in [5.41, 5.74) is 1.35. The normalized spacial score (nSPS) is 17.2. The van der Waals surface area contributed by atoms with Crippen LogP contribution in [0.1, 0.15) is 50.0 Å². The maximum atomic E-state index is 4.28. The van der Waals surface area contributed by atoms with Crippen molar-refractivity contribution >= 4 is 0 Å². The molecule has 7 nitrogen and oxygen atoms in total. The van der Waals surface area contributed by atoms with Crippen LogP contribution in [0.3, 0.4) is 0 Å². The van der Waals surface area contributed by atoms with E-state index in [4.69, 9.17) is 0 Å². The zero-order chi connectivity index (χ0) is 15.4. The molecule has 120 valence electrons. The van der Waals surface area contributed by atoms with Crippen molar-refractivity contribution in [2.45, 2.75) is 51.6 Å². The minimum Gasteiger partial charge on any atom is -0.296 e. The highest BCUT2D eigenvalue weighted by Gasteiger charge is 2.23. The van der Waals surface area contributed by atoms with Crippen molar-refractivity contribution in [3.63, 3.8) is 0 Å². The zero-order valence-electron chi connectivity index (χ0n) is 13.5. The average Bonchev–Trinajstić information content (AvgIpc) is 3.15. The second-order valence-corrected chi connectivity index (χ2v) is 6.10. The van der Waals surface area contributed by atoms with E-state index >= 15 is 0 Å². The van der Waals surface area contributed by atoms with E-state index in [1.807, 2.05) is 22.6 Å². The van der Waals surface area contributed by atoms with E-state index in [0.717, 1.165) is 44.8 Å². The Morgan fingerprint density at radius 1 is 1.27 bits per heavy atom. The van der Waals surface area contributed by atoms with Gasteiger partial charge in [0.1, 0.15) is 0 Å². The monoisotopic (exact) mass is 303 g/mol. The number of aromatic nitrogens is 6. The van der Waals surface area contributed by atoms with E-state index in [-0.39, 0.29) is 0 Å². The number of nitrogens with zero attached hydrogens (tertiary/aromatic N) is 7. The number of aryl methyl sites for hydroxylation is 2. The third-order valence-electron chi connectivity index (χ3n) is 4.56. The smallest absolute Gasteiger partial charge is 0.165 e. The van der Waals surface area contributed by atoms with E-state index < -0.39 is 0 Å². The number of tetrazole rings is 1. The first-order valence-corrected chi connectivity index (χ1v) is 8.23. The van der Waals surface area contributed by atoms with Gasteiger partial charge in [-0.3, -0.25) is 9.58 Å².